The fourth-order valence-electron chi connectivity index (χ4n) is 0.650. The first kappa shape index (κ1) is 4.54. The Morgan fingerprint density at radius 1 is 2.00 bits per heavy atom. The number of imidazole rings is 1. The molecule has 1 aromatic heterocycles. The van der Waals surface area contributed by atoms with Gasteiger partial charge in [-0.1, -0.05) is 0 Å². The van der Waals surface area contributed by atoms with E-state index >= 15 is 0 Å². The van der Waals surface area contributed by atoms with Gasteiger partial charge in [-0.3, -0.25) is 0 Å². The number of aryl methyl sites for hydroxylation is 1. The predicted molar refractivity (Wildman–Crippen MR) is 39.2 cm³/mol. The van der Waals surface area contributed by atoms with Crippen LogP contribution in [0.4, 0.5) is 0 Å². The van der Waals surface area contributed by atoms with Gasteiger partial charge in [0.1, 0.15) is 0 Å². The molecule has 0 spiro atoms. The van der Waals surface area contributed by atoms with E-state index in [1.165, 1.54) is 12.4 Å². The maximum absolute atomic E-state index is 11.2. The topological polar surface area (TPSA) is 44.1 Å². The third-order valence-electron chi connectivity index (χ3n) is 1.10. The molecule has 0 fully saturated rings. The molecule has 0 saturated carbocycles. The molecule has 0 atom stereocenters. The second-order valence-corrected chi connectivity index (χ2v) is 1.84. The van der Waals surface area contributed by atoms with Gasteiger partial charge in [0.25, 0.3) is 0 Å². The minimum Gasteiger partial charge on any atom is -0.460 e. The number of nitrogens with zero attached hydrogens (tertiary/aromatic N) is 2. The molecule has 0 saturated heterocycles. The van der Waals surface area contributed by atoms with Gasteiger partial charge in [0.15, 0.2) is 0 Å². The van der Waals surface area contributed by atoms with Gasteiger partial charge in [0, 0.05) is 23.5 Å². The number of ether oxygens (including phenoxy) is 1. The molecule has 60 valence electrons. The highest BCUT2D eigenvalue weighted by Gasteiger charge is 2.10. The maximum Gasteiger partial charge on any atom is 0.374 e. The average Bonchev–Trinajstić information content (AvgIpc) is 2.50. The minimum atomic E-state index is -2.40. The van der Waals surface area contributed by atoms with Gasteiger partial charge in [-0.2, -0.15) is 0 Å². The lowest BCUT2D eigenvalue weighted by atomic mass is 10.6. The molecule has 0 aliphatic rings. The summed E-state index contributed by atoms with van der Waals surface area (Å²) in [6, 6.07) is 0. The second kappa shape index (κ2) is 3.18. The van der Waals surface area contributed by atoms with E-state index in [-0.39, 0.29) is 12.4 Å². The predicted octanol–water partition coefficient (Wildman–Crippen LogP) is 0.597. The Hall–Kier alpha value is -1.32. The van der Waals surface area contributed by atoms with Crippen molar-refractivity contribution in [3.63, 3.8) is 0 Å². The van der Waals surface area contributed by atoms with Crippen LogP contribution in [-0.4, -0.2) is 22.1 Å². The van der Waals surface area contributed by atoms with Crippen LogP contribution in [0.3, 0.4) is 0 Å². The highest BCUT2D eigenvalue weighted by Crippen LogP contribution is 1.96. The third-order valence-corrected chi connectivity index (χ3v) is 1.10. The molecule has 4 nitrogen and oxygen atoms in total. The van der Waals surface area contributed by atoms with Gasteiger partial charge >= 0.3 is 5.97 Å². The molecule has 0 unspecified atom stereocenters. The Balaban J connectivity index is 2.99. The summed E-state index contributed by atoms with van der Waals surface area (Å²) in [6.45, 7) is -0.578. The van der Waals surface area contributed by atoms with E-state index in [2.05, 4.69) is 9.72 Å². The van der Waals surface area contributed by atoms with Gasteiger partial charge < -0.3 is 9.30 Å². The van der Waals surface area contributed by atoms with Gasteiger partial charge in [0.2, 0.25) is 5.82 Å². The van der Waals surface area contributed by atoms with Crippen LogP contribution in [0.2, 0.25) is 0 Å². The monoisotopic (exact) mass is 157 g/mol. The van der Waals surface area contributed by atoms with E-state index in [1.54, 1.807) is 6.92 Å². The van der Waals surface area contributed by atoms with Crippen LogP contribution in [0.15, 0.2) is 12.4 Å². The number of carbonyl (C=O) groups excluding carboxylic acids is 1. The molecule has 0 radical (unpaired) electrons. The summed E-state index contributed by atoms with van der Waals surface area (Å²) in [5.41, 5.74) is 0. The fourth-order valence-corrected chi connectivity index (χ4v) is 0.650. The van der Waals surface area contributed by atoms with Crippen LogP contribution < -0.4 is 0 Å². The molecule has 0 aliphatic heterocycles. The molecule has 4 heteroatoms. The van der Waals surface area contributed by atoms with E-state index in [1.807, 2.05) is 0 Å². The SMILES string of the molecule is [2H]C([2H])([2H])n1ccnc1C(=O)OCC. The second-order valence-electron chi connectivity index (χ2n) is 1.84. The van der Waals surface area contributed by atoms with Gasteiger partial charge in [-0.05, 0) is 6.92 Å². The number of esters is 1. The van der Waals surface area contributed by atoms with Gasteiger partial charge in [0.05, 0.1) is 6.61 Å². The van der Waals surface area contributed by atoms with Crippen LogP contribution in [-0.2, 0) is 11.7 Å². The molecule has 0 aliphatic carbocycles. The van der Waals surface area contributed by atoms with E-state index in [0.29, 0.717) is 0 Å². The zero-order valence-electron chi connectivity index (χ0n) is 9.07. The van der Waals surface area contributed by atoms with Crippen LogP contribution in [0, 0.1) is 0 Å². The third kappa shape index (κ3) is 1.58. The Morgan fingerprint density at radius 3 is 3.45 bits per heavy atom. The van der Waals surface area contributed by atoms with Crippen molar-refractivity contribution < 1.29 is 13.6 Å². The van der Waals surface area contributed by atoms with Crippen molar-refractivity contribution >= 4 is 5.97 Å². The molecule has 1 heterocycles. The first-order valence-corrected chi connectivity index (χ1v) is 3.17. The van der Waals surface area contributed by atoms with Crippen molar-refractivity contribution in [1.29, 1.82) is 0 Å². The van der Waals surface area contributed by atoms with Crippen molar-refractivity contribution in [3.8, 4) is 0 Å². The van der Waals surface area contributed by atoms with Crippen molar-refractivity contribution in [1.82, 2.24) is 9.55 Å². The van der Waals surface area contributed by atoms with Crippen LogP contribution in [0.25, 0.3) is 0 Å². The molecule has 0 aromatic carbocycles. The zero-order valence-corrected chi connectivity index (χ0v) is 6.07. The lowest BCUT2D eigenvalue weighted by molar-refractivity contribution is 0.0508. The molecule has 1 rings (SSSR count). The summed E-state index contributed by atoms with van der Waals surface area (Å²) < 4.78 is 26.8. The molecule has 1 aromatic rings. The number of hydrogen-bond donors (Lipinski definition) is 0. The molecular weight excluding hydrogens is 144 g/mol. The average molecular weight is 157 g/mol. The standard InChI is InChI=1S/C7H10N2O2/c1-3-11-7(10)6-8-4-5-9(6)2/h4-5H,3H2,1-2H3/i2D3. The quantitative estimate of drug-likeness (QED) is 0.590. The summed E-state index contributed by atoms with van der Waals surface area (Å²) in [6.07, 6.45) is 2.47. The Labute approximate surface area is 69.0 Å². The van der Waals surface area contributed by atoms with E-state index in [4.69, 9.17) is 4.11 Å². The van der Waals surface area contributed by atoms with Crippen LogP contribution in [0.5, 0.6) is 0 Å². The van der Waals surface area contributed by atoms with Crippen molar-refractivity contribution in [2.45, 2.75) is 6.92 Å². The number of aromatic nitrogens is 2. The van der Waals surface area contributed by atoms with E-state index in [0.717, 1.165) is 4.57 Å². The fraction of sp³-hybridized carbons (Fsp3) is 0.429. The smallest absolute Gasteiger partial charge is 0.374 e. The summed E-state index contributed by atoms with van der Waals surface area (Å²) in [7, 11) is 0. The zero-order chi connectivity index (χ0) is 10.8. The number of hydrogen-bond acceptors (Lipinski definition) is 3. The normalized spacial score (nSPS) is 14.8. The largest absolute Gasteiger partial charge is 0.460 e. The molecular formula is C7H10N2O2. The summed E-state index contributed by atoms with van der Waals surface area (Å²) in [5, 5.41) is 0. The Morgan fingerprint density at radius 2 is 2.82 bits per heavy atom. The summed E-state index contributed by atoms with van der Waals surface area (Å²) >= 11 is 0. The highest BCUT2D eigenvalue weighted by atomic mass is 16.5. The minimum absolute atomic E-state index is 0.187. The Kier molecular flexibility index (Phi) is 1.31. The summed E-state index contributed by atoms with van der Waals surface area (Å²) in [4.78, 5) is 14.8. The number of rotatable bonds is 2. The lowest BCUT2D eigenvalue weighted by Gasteiger charge is -1.99. The lowest BCUT2D eigenvalue weighted by Crippen LogP contribution is -2.10. The van der Waals surface area contributed by atoms with Crippen LogP contribution >= 0.6 is 0 Å². The van der Waals surface area contributed by atoms with Crippen LogP contribution in [0.1, 0.15) is 21.7 Å². The van der Waals surface area contributed by atoms with E-state index in [9.17, 15) is 4.79 Å². The number of carbonyl (C=O) groups is 1. The molecule has 0 N–H and O–H groups in total. The first-order valence-electron chi connectivity index (χ1n) is 4.67. The Bertz CT molecular complexity index is 332. The van der Waals surface area contributed by atoms with Crippen molar-refractivity contribution in [2.75, 3.05) is 6.61 Å². The maximum atomic E-state index is 11.2. The first-order chi connectivity index (χ1) is 6.46. The van der Waals surface area contributed by atoms with E-state index < -0.39 is 12.9 Å². The van der Waals surface area contributed by atoms with Gasteiger partial charge in [-0.25, -0.2) is 9.78 Å². The van der Waals surface area contributed by atoms with Crippen molar-refractivity contribution in [3.05, 3.63) is 18.2 Å². The van der Waals surface area contributed by atoms with Gasteiger partial charge in [-0.15, -0.1) is 0 Å². The van der Waals surface area contributed by atoms with Crippen molar-refractivity contribution in [2.24, 2.45) is 6.98 Å². The highest BCUT2D eigenvalue weighted by molar-refractivity contribution is 5.85. The molecule has 11 heavy (non-hydrogen) atoms. The molecule has 0 amide bonds. The summed E-state index contributed by atoms with van der Waals surface area (Å²) in [5.74, 6) is -0.930. The molecule has 0 bridgehead atoms.